The van der Waals surface area contributed by atoms with Crippen molar-refractivity contribution in [1.29, 1.82) is 0 Å². The van der Waals surface area contributed by atoms with E-state index in [1.807, 2.05) is 69.3 Å². The van der Waals surface area contributed by atoms with Crippen molar-refractivity contribution >= 4 is 17.2 Å². The lowest BCUT2D eigenvalue weighted by molar-refractivity contribution is 0.0777. The Kier molecular flexibility index (Phi) is 6.88. The molecular formula is C23H26N2O3S. The summed E-state index contributed by atoms with van der Waals surface area (Å²) >= 11 is 1.38. The van der Waals surface area contributed by atoms with Crippen LogP contribution in [0.5, 0.6) is 11.5 Å². The van der Waals surface area contributed by atoms with E-state index >= 15 is 0 Å². The number of carbonyl (C=O) groups is 1. The van der Waals surface area contributed by atoms with E-state index in [-0.39, 0.29) is 5.91 Å². The number of likely N-dealkylation sites (N-methyl/N-ethyl adjacent to an activating group) is 1. The molecule has 1 heterocycles. The summed E-state index contributed by atoms with van der Waals surface area (Å²) in [7, 11) is 1.78. The Labute approximate surface area is 175 Å². The summed E-state index contributed by atoms with van der Waals surface area (Å²) in [4.78, 5) is 19.6. The summed E-state index contributed by atoms with van der Waals surface area (Å²) in [6.45, 7) is 7.20. The largest absolute Gasteiger partial charge is 0.492 e. The molecule has 0 saturated carbocycles. The van der Waals surface area contributed by atoms with E-state index in [1.165, 1.54) is 16.9 Å². The number of hydrogen-bond acceptors (Lipinski definition) is 5. The van der Waals surface area contributed by atoms with Crippen molar-refractivity contribution in [2.24, 2.45) is 0 Å². The van der Waals surface area contributed by atoms with E-state index in [2.05, 4.69) is 4.98 Å². The Bertz CT molecular complexity index is 967. The molecule has 1 aromatic heterocycles. The quantitative estimate of drug-likeness (QED) is 0.535. The molecule has 3 rings (SSSR count). The Morgan fingerprint density at radius 2 is 1.76 bits per heavy atom. The summed E-state index contributed by atoms with van der Waals surface area (Å²) in [5.74, 6) is 1.56. The minimum Gasteiger partial charge on any atom is -0.492 e. The molecule has 0 N–H and O–H groups in total. The Hall–Kier alpha value is -2.86. The van der Waals surface area contributed by atoms with Crippen molar-refractivity contribution in [3.8, 4) is 11.5 Å². The fraction of sp³-hybridized carbons (Fsp3) is 0.304. The highest BCUT2D eigenvalue weighted by molar-refractivity contribution is 7.13. The summed E-state index contributed by atoms with van der Waals surface area (Å²) in [6.07, 6.45) is 0. The Morgan fingerprint density at radius 1 is 1.00 bits per heavy atom. The number of benzene rings is 2. The van der Waals surface area contributed by atoms with Gasteiger partial charge < -0.3 is 14.4 Å². The number of amides is 1. The molecule has 0 atom stereocenters. The molecule has 1 amide bonds. The zero-order valence-corrected chi connectivity index (χ0v) is 18.1. The van der Waals surface area contributed by atoms with Crippen LogP contribution in [0, 0.1) is 20.8 Å². The van der Waals surface area contributed by atoms with Crippen LogP contribution in [-0.4, -0.2) is 36.0 Å². The van der Waals surface area contributed by atoms with Gasteiger partial charge in [0.1, 0.15) is 34.6 Å². The monoisotopic (exact) mass is 410 g/mol. The molecule has 0 aliphatic rings. The molecule has 0 aliphatic carbocycles. The average Bonchev–Trinajstić information content (AvgIpc) is 3.07. The van der Waals surface area contributed by atoms with Gasteiger partial charge in [0.05, 0.1) is 12.2 Å². The number of thiazole rings is 1. The first kappa shape index (κ1) is 20.9. The van der Waals surface area contributed by atoms with Crippen LogP contribution in [0.25, 0.3) is 0 Å². The topological polar surface area (TPSA) is 51.7 Å². The highest BCUT2D eigenvalue weighted by Gasteiger charge is 2.19. The number of rotatable bonds is 8. The molecule has 6 heteroatoms. The van der Waals surface area contributed by atoms with E-state index in [0.29, 0.717) is 24.6 Å². The van der Waals surface area contributed by atoms with Gasteiger partial charge in [-0.25, -0.2) is 4.98 Å². The van der Waals surface area contributed by atoms with Crippen LogP contribution in [-0.2, 0) is 6.61 Å². The van der Waals surface area contributed by atoms with Gasteiger partial charge in [0.15, 0.2) is 0 Å². The molecule has 0 spiro atoms. The molecular weight excluding hydrogens is 384 g/mol. The highest BCUT2D eigenvalue weighted by Crippen LogP contribution is 2.22. The fourth-order valence-corrected chi connectivity index (χ4v) is 3.75. The third-order valence-corrected chi connectivity index (χ3v) is 5.57. The second-order valence-electron chi connectivity index (χ2n) is 7.02. The molecule has 2 aromatic carbocycles. The molecule has 0 unspecified atom stereocenters. The molecule has 5 nitrogen and oxygen atoms in total. The lowest BCUT2D eigenvalue weighted by Gasteiger charge is -2.17. The maximum atomic E-state index is 12.8. The second kappa shape index (κ2) is 9.56. The maximum absolute atomic E-state index is 12.8. The lowest BCUT2D eigenvalue weighted by Crippen LogP contribution is -2.30. The number of aromatic nitrogens is 1. The number of ether oxygens (including phenoxy) is 2. The lowest BCUT2D eigenvalue weighted by atomic mass is 10.2. The Morgan fingerprint density at radius 3 is 2.48 bits per heavy atom. The SMILES string of the molecule is Cc1ccc(OCc2nc(C)c(C(=O)N(C)CCOc3cccc(C)c3)s2)cc1. The van der Waals surface area contributed by atoms with Gasteiger partial charge in [-0.2, -0.15) is 0 Å². The van der Waals surface area contributed by atoms with Crippen LogP contribution in [0.2, 0.25) is 0 Å². The molecule has 0 fully saturated rings. The van der Waals surface area contributed by atoms with Crippen LogP contribution in [0.1, 0.15) is 31.5 Å². The van der Waals surface area contributed by atoms with Gasteiger partial charge in [-0.3, -0.25) is 4.79 Å². The number of nitrogens with zero attached hydrogens (tertiary/aromatic N) is 2. The van der Waals surface area contributed by atoms with Gasteiger partial charge in [0, 0.05) is 7.05 Å². The molecule has 152 valence electrons. The zero-order chi connectivity index (χ0) is 20.8. The summed E-state index contributed by atoms with van der Waals surface area (Å²) in [5, 5.41) is 0.788. The van der Waals surface area contributed by atoms with Crippen LogP contribution in [0.3, 0.4) is 0 Å². The normalized spacial score (nSPS) is 10.6. The molecule has 0 radical (unpaired) electrons. The van der Waals surface area contributed by atoms with Crippen molar-refractivity contribution in [3.63, 3.8) is 0 Å². The van der Waals surface area contributed by atoms with E-state index in [1.54, 1.807) is 11.9 Å². The first-order chi connectivity index (χ1) is 13.9. The number of hydrogen-bond donors (Lipinski definition) is 0. The van der Waals surface area contributed by atoms with Crippen molar-refractivity contribution in [2.75, 3.05) is 20.2 Å². The summed E-state index contributed by atoms with van der Waals surface area (Å²) in [6, 6.07) is 15.8. The van der Waals surface area contributed by atoms with Crippen LogP contribution < -0.4 is 9.47 Å². The predicted octanol–water partition coefficient (Wildman–Crippen LogP) is 4.80. The van der Waals surface area contributed by atoms with E-state index in [4.69, 9.17) is 9.47 Å². The fourth-order valence-electron chi connectivity index (χ4n) is 2.77. The molecule has 3 aromatic rings. The minimum absolute atomic E-state index is 0.0468. The second-order valence-corrected chi connectivity index (χ2v) is 8.10. The van der Waals surface area contributed by atoms with Crippen LogP contribution in [0.4, 0.5) is 0 Å². The van der Waals surface area contributed by atoms with Gasteiger partial charge >= 0.3 is 0 Å². The van der Waals surface area contributed by atoms with E-state index < -0.39 is 0 Å². The third-order valence-electron chi connectivity index (χ3n) is 4.45. The molecule has 0 saturated heterocycles. The number of aryl methyl sites for hydroxylation is 3. The van der Waals surface area contributed by atoms with Gasteiger partial charge in [0.25, 0.3) is 5.91 Å². The van der Waals surface area contributed by atoms with Gasteiger partial charge in [-0.05, 0) is 50.6 Å². The molecule has 29 heavy (non-hydrogen) atoms. The maximum Gasteiger partial charge on any atom is 0.265 e. The van der Waals surface area contributed by atoms with Crippen molar-refractivity contribution in [3.05, 3.63) is 75.2 Å². The summed E-state index contributed by atoms with van der Waals surface area (Å²) < 4.78 is 11.5. The molecule has 0 aliphatic heterocycles. The summed E-state index contributed by atoms with van der Waals surface area (Å²) in [5.41, 5.74) is 3.06. The Balaban J connectivity index is 1.53. The van der Waals surface area contributed by atoms with Gasteiger partial charge in [-0.15, -0.1) is 11.3 Å². The first-order valence-corrected chi connectivity index (χ1v) is 10.3. The average molecular weight is 411 g/mol. The van der Waals surface area contributed by atoms with Crippen molar-refractivity contribution in [2.45, 2.75) is 27.4 Å². The highest BCUT2D eigenvalue weighted by atomic mass is 32.1. The third kappa shape index (κ3) is 5.81. The van der Waals surface area contributed by atoms with Crippen molar-refractivity contribution < 1.29 is 14.3 Å². The predicted molar refractivity (Wildman–Crippen MR) is 116 cm³/mol. The van der Waals surface area contributed by atoms with Crippen LogP contribution >= 0.6 is 11.3 Å². The van der Waals surface area contributed by atoms with Crippen molar-refractivity contribution in [1.82, 2.24) is 9.88 Å². The van der Waals surface area contributed by atoms with Crippen LogP contribution in [0.15, 0.2) is 48.5 Å². The smallest absolute Gasteiger partial charge is 0.265 e. The molecule has 0 bridgehead atoms. The standard InChI is InChI=1S/C23H26N2O3S/c1-16-8-10-19(11-9-16)28-15-21-24-18(3)22(29-21)23(26)25(4)12-13-27-20-7-5-6-17(2)14-20/h5-11,14H,12-13,15H2,1-4H3. The zero-order valence-electron chi connectivity index (χ0n) is 17.3. The van der Waals surface area contributed by atoms with E-state index in [0.717, 1.165) is 27.8 Å². The number of carbonyl (C=O) groups excluding carboxylic acids is 1. The minimum atomic E-state index is -0.0468. The van der Waals surface area contributed by atoms with Gasteiger partial charge in [-0.1, -0.05) is 29.8 Å². The van der Waals surface area contributed by atoms with E-state index in [9.17, 15) is 4.79 Å². The van der Waals surface area contributed by atoms with Gasteiger partial charge in [0.2, 0.25) is 0 Å². The first-order valence-electron chi connectivity index (χ1n) is 9.53.